The smallest absolute Gasteiger partial charge is 0.249 e. The molecule has 1 saturated heterocycles. The normalized spacial score (nSPS) is 33.5. The Labute approximate surface area is 102 Å². The molecule has 2 unspecified atom stereocenters. The monoisotopic (exact) mass is 236 g/mol. The zero-order valence-corrected chi connectivity index (χ0v) is 10.5. The molecule has 4 heteroatoms. The van der Waals surface area contributed by atoms with E-state index in [4.69, 9.17) is 0 Å². The topological polar surface area (TPSA) is 49.4 Å². The summed E-state index contributed by atoms with van der Waals surface area (Å²) in [5, 5.41) is 2.93. The lowest BCUT2D eigenvalue weighted by Gasteiger charge is -2.44. The predicted molar refractivity (Wildman–Crippen MR) is 65.3 cm³/mol. The maximum atomic E-state index is 12.5. The number of hydrogen-bond acceptors (Lipinski definition) is 2. The third-order valence-corrected chi connectivity index (χ3v) is 3.87. The molecule has 2 amide bonds. The van der Waals surface area contributed by atoms with Crippen LogP contribution in [0.5, 0.6) is 0 Å². The van der Waals surface area contributed by atoms with Gasteiger partial charge in [-0.25, -0.2) is 0 Å². The lowest BCUT2D eigenvalue weighted by Crippen LogP contribution is -2.70. The summed E-state index contributed by atoms with van der Waals surface area (Å²) in [6.45, 7) is 7.90. The first-order chi connectivity index (χ1) is 8.04. The fraction of sp³-hybridized carbons (Fsp3) is 0.692. The van der Waals surface area contributed by atoms with Gasteiger partial charge in [-0.15, -0.1) is 6.58 Å². The number of hydrogen-bond donors (Lipinski definition) is 1. The van der Waals surface area contributed by atoms with E-state index in [2.05, 4.69) is 11.9 Å². The zero-order valence-electron chi connectivity index (χ0n) is 10.5. The number of amides is 2. The summed E-state index contributed by atoms with van der Waals surface area (Å²) in [4.78, 5) is 26.2. The lowest BCUT2D eigenvalue weighted by atomic mass is 9.89. The largest absolute Gasteiger partial charge is 0.340 e. The molecule has 2 atom stereocenters. The Hall–Kier alpha value is -1.32. The van der Waals surface area contributed by atoms with E-state index in [0.29, 0.717) is 18.9 Å². The number of piperazine rings is 1. The van der Waals surface area contributed by atoms with E-state index in [9.17, 15) is 9.59 Å². The molecule has 0 radical (unpaired) electrons. The van der Waals surface area contributed by atoms with Gasteiger partial charge in [-0.05, 0) is 32.1 Å². The van der Waals surface area contributed by atoms with Crippen molar-refractivity contribution in [2.24, 2.45) is 5.92 Å². The average molecular weight is 236 g/mol. The second-order valence-electron chi connectivity index (χ2n) is 5.14. The van der Waals surface area contributed by atoms with Crippen molar-refractivity contribution in [2.75, 3.05) is 6.54 Å². The van der Waals surface area contributed by atoms with Crippen LogP contribution in [0.4, 0.5) is 0 Å². The molecule has 1 aliphatic carbocycles. The Kier molecular flexibility index (Phi) is 2.98. The summed E-state index contributed by atoms with van der Waals surface area (Å²) in [5.41, 5.74) is -0.689. The van der Waals surface area contributed by atoms with Crippen LogP contribution < -0.4 is 5.32 Å². The minimum absolute atomic E-state index is 0.0247. The fourth-order valence-electron chi connectivity index (χ4n) is 2.67. The van der Waals surface area contributed by atoms with Crippen molar-refractivity contribution in [1.29, 1.82) is 0 Å². The number of nitrogens with zero attached hydrogens (tertiary/aromatic N) is 1. The van der Waals surface area contributed by atoms with Crippen LogP contribution in [0.15, 0.2) is 12.7 Å². The molecule has 2 rings (SSSR count). The van der Waals surface area contributed by atoms with E-state index in [1.54, 1.807) is 11.0 Å². The quantitative estimate of drug-likeness (QED) is 0.742. The Bertz CT molecular complexity index is 362. The highest BCUT2D eigenvalue weighted by atomic mass is 16.2. The van der Waals surface area contributed by atoms with Gasteiger partial charge in [0.25, 0.3) is 0 Å². The summed E-state index contributed by atoms with van der Waals surface area (Å²) in [6, 6.07) is -0.340. The van der Waals surface area contributed by atoms with Crippen molar-refractivity contribution in [3.05, 3.63) is 12.7 Å². The van der Waals surface area contributed by atoms with Gasteiger partial charge in [0.15, 0.2) is 0 Å². The number of nitrogens with one attached hydrogen (secondary N) is 1. The molecule has 0 aromatic carbocycles. The van der Waals surface area contributed by atoms with Gasteiger partial charge >= 0.3 is 0 Å². The van der Waals surface area contributed by atoms with E-state index in [0.717, 1.165) is 12.8 Å². The van der Waals surface area contributed by atoms with E-state index < -0.39 is 5.54 Å². The molecule has 1 heterocycles. The third-order valence-electron chi connectivity index (χ3n) is 3.87. The average Bonchev–Trinajstić information content (AvgIpc) is 3.10. The second kappa shape index (κ2) is 4.17. The van der Waals surface area contributed by atoms with Gasteiger partial charge in [0, 0.05) is 6.54 Å². The van der Waals surface area contributed by atoms with Crippen molar-refractivity contribution in [3.63, 3.8) is 0 Å². The molecule has 1 N–H and O–H groups in total. The van der Waals surface area contributed by atoms with Crippen molar-refractivity contribution < 1.29 is 9.59 Å². The Balaban J connectivity index is 2.28. The van der Waals surface area contributed by atoms with Crippen LogP contribution in [-0.4, -0.2) is 34.8 Å². The standard InChI is InChI=1S/C13H20N2O2/c1-4-8-15-10(5-2)11(16)14-13(3,12(15)17)9-6-7-9/h4,9-10H,1,5-8H2,2-3H3,(H,14,16). The SMILES string of the molecule is C=CCN1C(=O)C(C)(C2CC2)NC(=O)C1CC. The molecule has 0 aromatic heterocycles. The van der Waals surface area contributed by atoms with Gasteiger partial charge < -0.3 is 10.2 Å². The number of carbonyl (C=O) groups is 2. The van der Waals surface area contributed by atoms with E-state index >= 15 is 0 Å². The summed E-state index contributed by atoms with van der Waals surface area (Å²) in [7, 11) is 0. The van der Waals surface area contributed by atoms with Crippen molar-refractivity contribution in [1.82, 2.24) is 10.2 Å². The van der Waals surface area contributed by atoms with Crippen molar-refractivity contribution >= 4 is 11.8 Å². The summed E-state index contributed by atoms with van der Waals surface area (Å²) in [5.74, 6) is 0.332. The fourth-order valence-corrected chi connectivity index (χ4v) is 2.67. The first kappa shape index (κ1) is 12.1. The van der Waals surface area contributed by atoms with E-state index in [1.807, 2.05) is 13.8 Å². The molecule has 0 bridgehead atoms. The highest BCUT2D eigenvalue weighted by molar-refractivity contribution is 6.00. The first-order valence-corrected chi connectivity index (χ1v) is 6.28. The lowest BCUT2D eigenvalue weighted by molar-refractivity contribution is -0.154. The minimum Gasteiger partial charge on any atom is -0.340 e. The Morgan fingerprint density at radius 3 is 2.65 bits per heavy atom. The van der Waals surface area contributed by atoms with Gasteiger partial charge in [0.05, 0.1) is 0 Å². The summed E-state index contributed by atoms with van der Waals surface area (Å²) in [6.07, 6.45) is 4.39. The van der Waals surface area contributed by atoms with Crippen LogP contribution in [0.2, 0.25) is 0 Å². The number of carbonyl (C=O) groups excluding carboxylic acids is 2. The minimum atomic E-state index is -0.689. The zero-order chi connectivity index (χ0) is 12.6. The molecule has 4 nitrogen and oxygen atoms in total. The third kappa shape index (κ3) is 1.85. The van der Waals surface area contributed by atoms with E-state index in [1.165, 1.54) is 0 Å². The Morgan fingerprint density at radius 2 is 2.18 bits per heavy atom. The highest BCUT2D eigenvalue weighted by Crippen LogP contribution is 2.42. The molecular weight excluding hydrogens is 216 g/mol. The Morgan fingerprint density at radius 1 is 1.53 bits per heavy atom. The van der Waals surface area contributed by atoms with Crippen LogP contribution in [-0.2, 0) is 9.59 Å². The molecule has 2 aliphatic rings. The van der Waals surface area contributed by atoms with Crippen LogP contribution in [0, 0.1) is 5.92 Å². The molecule has 0 spiro atoms. The van der Waals surface area contributed by atoms with Gasteiger partial charge in [0.2, 0.25) is 11.8 Å². The van der Waals surface area contributed by atoms with Gasteiger partial charge in [-0.1, -0.05) is 13.0 Å². The maximum absolute atomic E-state index is 12.5. The van der Waals surface area contributed by atoms with Crippen molar-refractivity contribution in [3.8, 4) is 0 Å². The summed E-state index contributed by atoms with van der Waals surface area (Å²) >= 11 is 0. The van der Waals surface area contributed by atoms with Crippen molar-refractivity contribution in [2.45, 2.75) is 44.7 Å². The van der Waals surface area contributed by atoms with Gasteiger partial charge in [-0.2, -0.15) is 0 Å². The maximum Gasteiger partial charge on any atom is 0.249 e. The molecule has 0 aromatic rings. The highest BCUT2D eigenvalue weighted by Gasteiger charge is 2.54. The van der Waals surface area contributed by atoms with Crippen LogP contribution >= 0.6 is 0 Å². The summed E-state index contributed by atoms with van der Waals surface area (Å²) < 4.78 is 0. The molecule has 1 saturated carbocycles. The van der Waals surface area contributed by atoms with E-state index in [-0.39, 0.29) is 17.9 Å². The van der Waals surface area contributed by atoms with Crippen LogP contribution in [0.25, 0.3) is 0 Å². The molecule has 2 fully saturated rings. The molecule has 17 heavy (non-hydrogen) atoms. The molecular formula is C13H20N2O2. The van der Waals surface area contributed by atoms with Gasteiger partial charge in [-0.3, -0.25) is 9.59 Å². The molecule has 1 aliphatic heterocycles. The van der Waals surface area contributed by atoms with Crippen LogP contribution in [0.1, 0.15) is 33.1 Å². The first-order valence-electron chi connectivity index (χ1n) is 6.28. The van der Waals surface area contributed by atoms with Crippen LogP contribution in [0.3, 0.4) is 0 Å². The second-order valence-corrected chi connectivity index (χ2v) is 5.14. The molecule has 94 valence electrons. The van der Waals surface area contributed by atoms with Gasteiger partial charge in [0.1, 0.15) is 11.6 Å². The number of rotatable bonds is 4. The predicted octanol–water partition coefficient (Wildman–Crippen LogP) is 1.08.